The first-order valence-electron chi connectivity index (χ1n) is 6.01. The number of hydrogen-bond donors (Lipinski definition) is 3. The van der Waals surface area contributed by atoms with Crippen molar-refractivity contribution in [3.05, 3.63) is 35.9 Å². The van der Waals surface area contributed by atoms with E-state index in [1.165, 1.54) is 7.11 Å². The van der Waals surface area contributed by atoms with E-state index < -0.39 is 16.1 Å². The summed E-state index contributed by atoms with van der Waals surface area (Å²) in [6, 6.07) is 7.77. The Morgan fingerprint density at radius 3 is 2.65 bits per heavy atom. The van der Waals surface area contributed by atoms with Crippen LogP contribution in [-0.4, -0.2) is 38.9 Å². The zero-order chi connectivity index (χ0) is 15.0. The fraction of sp³-hybridized carbons (Fsp3) is 0.417. The van der Waals surface area contributed by atoms with E-state index in [4.69, 9.17) is 15.7 Å². The SMILES string of the molecule is COCCCS(=O)(=O)NC(C(N)=NO)c1ccccc1. The second-order valence-corrected chi connectivity index (χ2v) is 6.03. The van der Waals surface area contributed by atoms with Gasteiger partial charge in [0, 0.05) is 13.7 Å². The van der Waals surface area contributed by atoms with Crippen LogP contribution in [0.25, 0.3) is 0 Å². The number of amidine groups is 1. The summed E-state index contributed by atoms with van der Waals surface area (Å²) in [4.78, 5) is 0. The molecule has 112 valence electrons. The lowest BCUT2D eigenvalue weighted by Gasteiger charge is -2.17. The van der Waals surface area contributed by atoms with Gasteiger partial charge in [0.15, 0.2) is 5.84 Å². The summed E-state index contributed by atoms with van der Waals surface area (Å²) in [5, 5.41) is 11.7. The zero-order valence-corrected chi connectivity index (χ0v) is 12.0. The molecule has 1 aromatic carbocycles. The molecule has 0 aromatic heterocycles. The fourth-order valence-electron chi connectivity index (χ4n) is 1.63. The Kier molecular flexibility index (Phi) is 6.43. The molecule has 1 aromatic rings. The van der Waals surface area contributed by atoms with Crippen LogP contribution in [0.2, 0.25) is 0 Å². The number of sulfonamides is 1. The number of nitrogens with zero attached hydrogens (tertiary/aromatic N) is 1. The number of rotatable bonds is 8. The number of nitrogens with two attached hydrogens (primary N) is 1. The van der Waals surface area contributed by atoms with Gasteiger partial charge in [-0.1, -0.05) is 35.5 Å². The molecule has 0 spiro atoms. The quantitative estimate of drug-likeness (QED) is 0.212. The normalized spacial score (nSPS) is 14.2. The zero-order valence-electron chi connectivity index (χ0n) is 11.2. The van der Waals surface area contributed by atoms with Gasteiger partial charge in [-0.15, -0.1) is 0 Å². The Bertz CT molecular complexity index is 531. The number of ether oxygens (including phenoxy) is 1. The van der Waals surface area contributed by atoms with Crippen LogP contribution in [0.4, 0.5) is 0 Å². The molecule has 7 nitrogen and oxygen atoms in total. The van der Waals surface area contributed by atoms with Gasteiger partial charge in [-0.2, -0.15) is 4.72 Å². The summed E-state index contributed by atoms with van der Waals surface area (Å²) in [6.45, 7) is 0.348. The molecule has 0 bridgehead atoms. The summed E-state index contributed by atoms with van der Waals surface area (Å²) >= 11 is 0. The molecule has 0 aliphatic heterocycles. The van der Waals surface area contributed by atoms with Crippen LogP contribution in [0.3, 0.4) is 0 Å². The molecule has 0 amide bonds. The van der Waals surface area contributed by atoms with E-state index in [2.05, 4.69) is 9.88 Å². The molecule has 4 N–H and O–H groups in total. The predicted molar refractivity (Wildman–Crippen MR) is 76.0 cm³/mol. The molecule has 1 rings (SSSR count). The van der Waals surface area contributed by atoms with Crippen molar-refractivity contribution in [3.8, 4) is 0 Å². The maximum absolute atomic E-state index is 12.0. The first-order chi connectivity index (χ1) is 9.50. The van der Waals surface area contributed by atoms with Crippen molar-refractivity contribution in [1.29, 1.82) is 0 Å². The molecule has 0 saturated carbocycles. The van der Waals surface area contributed by atoms with Gasteiger partial charge in [0.2, 0.25) is 10.0 Å². The van der Waals surface area contributed by atoms with E-state index in [-0.39, 0.29) is 11.6 Å². The molecular formula is C12H19N3O4S. The monoisotopic (exact) mass is 301 g/mol. The van der Waals surface area contributed by atoms with Crippen molar-refractivity contribution in [3.63, 3.8) is 0 Å². The van der Waals surface area contributed by atoms with Crippen molar-refractivity contribution >= 4 is 15.9 Å². The van der Waals surface area contributed by atoms with Crippen LogP contribution >= 0.6 is 0 Å². The van der Waals surface area contributed by atoms with E-state index >= 15 is 0 Å². The minimum atomic E-state index is -3.56. The number of nitrogens with one attached hydrogen (secondary N) is 1. The Morgan fingerprint density at radius 1 is 1.45 bits per heavy atom. The second kappa shape index (κ2) is 7.83. The fourth-order valence-corrected chi connectivity index (χ4v) is 2.87. The summed E-state index contributed by atoms with van der Waals surface area (Å²) in [7, 11) is -2.06. The van der Waals surface area contributed by atoms with Crippen LogP contribution in [0.15, 0.2) is 35.5 Å². The van der Waals surface area contributed by atoms with E-state index in [1.54, 1.807) is 30.3 Å². The number of hydrogen-bond acceptors (Lipinski definition) is 5. The standard InChI is InChI=1S/C12H19N3O4S/c1-19-8-5-9-20(17,18)15-11(12(13)14-16)10-6-3-2-4-7-10/h2-4,6-7,11,15-16H,5,8-9H2,1H3,(H2,13,14). The first-order valence-corrected chi connectivity index (χ1v) is 7.66. The van der Waals surface area contributed by atoms with Gasteiger partial charge in [0.1, 0.15) is 6.04 Å². The number of benzene rings is 1. The lowest BCUT2D eigenvalue weighted by atomic mass is 10.1. The van der Waals surface area contributed by atoms with Crippen LogP contribution < -0.4 is 10.5 Å². The van der Waals surface area contributed by atoms with Gasteiger partial charge in [-0.3, -0.25) is 0 Å². The van der Waals surface area contributed by atoms with Gasteiger partial charge < -0.3 is 15.7 Å². The van der Waals surface area contributed by atoms with Crippen LogP contribution in [0.1, 0.15) is 18.0 Å². The molecule has 1 atom stereocenters. The molecular weight excluding hydrogens is 282 g/mol. The van der Waals surface area contributed by atoms with Crippen LogP contribution in [0, 0.1) is 0 Å². The molecule has 20 heavy (non-hydrogen) atoms. The maximum atomic E-state index is 12.0. The Labute approximate surface area is 118 Å². The minimum Gasteiger partial charge on any atom is -0.409 e. The summed E-state index contributed by atoms with van der Waals surface area (Å²) in [6.07, 6.45) is 0.365. The van der Waals surface area contributed by atoms with E-state index in [0.29, 0.717) is 18.6 Å². The first kappa shape index (κ1) is 16.4. The summed E-state index contributed by atoms with van der Waals surface area (Å²) in [5.41, 5.74) is 6.16. The van der Waals surface area contributed by atoms with Gasteiger partial charge in [0.05, 0.1) is 5.75 Å². The molecule has 0 radical (unpaired) electrons. The van der Waals surface area contributed by atoms with Gasteiger partial charge in [0.25, 0.3) is 0 Å². The molecule has 0 saturated heterocycles. The van der Waals surface area contributed by atoms with Crippen molar-refractivity contribution in [2.75, 3.05) is 19.5 Å². The minimum absolute atomic E-state index is 0.0944. The third-order valence-electron chi connectivity index (χ3n) is 2.60. The highest BCUT2D eigenvalue weighted by atomic mass is 32.2. The Hall–Kier alpha value is -1.64. The highest BCUT2D eigenvalue weighted by Gasteiger charge is 2.22. The summed E-state index contributed by atoms with van der Waals surface area (Å²) < 4.78 is 31.1. The summed E-state index contributed by atoms with van der Waals surface area (Å²) in [5.74, 6) is -0.311. The van der Waals surface area contributed by atoms with Crippen LogP contribution in [0.5, 0.6) is 0 Å². The van der Waals surface area contributed by atoms with Gasteiger partial charge in [-0.25, -0.2) is 8.42 Å². The lowest BCUT2D eigenvalue weighted by molar-refractivity contribution is 0.199. The topological polar surface area (TPSA) is 114 Å². The smallest absolute Gasteiger partial charge is 0.212 e. The predicted octanol–water partition coefficient (Wildman–Crippen LogP) is 0.430. The van der Waals surface area contributed by atoms with Crippen LogP contribution in [-0.2, 0) is 14.8 Å². The van der Waals surface area contributed by atoms with E-state index in [1.807, 2.05) is 0 Å². The Morgan fingerprint density at radius 2 is 2.10 bits per heavy atom. The highest BCUT2D eigenvalue weighted by Crippen LogP contribution is 2.14. The second-order valence-electron chi connectivity index (χ2n) is 4.15. The third kappa shape index (κ3) is 5.16. The molecule has 8 heteroatoms. The Balaban J connectivity index is 2.86. The maximum Gasteiger partial charge on any atom is 0.212 e. The number of oxime groups is 1. The van der Waals surface area contributed by atoms with Crippen molar-refractivity contribution in [2.24, 2.45) is 10.9 Å². The molecule has 0 aliphatic carbocycles. The molecule has 0 aliphatic rings. The average molecular weight is 301 g/mol. The highest BCUT2D eigenvalue weighted by molar-refractivity contribution is 7.89. The molecule has 0 fully saturated rings. The van der Waals surface area contributed by atoms with Gasteiger partial charge >= 0.3 is 0 Å². The van der Waals surface area contributed by atoms with Gasteiger partial charge in [-0.05, 0) is 12.0 Å². The lowest BCUT2D eigenvalue weighted by Crippen LogP contribution is -2.38. The number of methoxy groups -OCH3 is 1. The van der Waals surface area contributed by atoms with E-state index in [9.17, 15) is 8.42 Å². The molecule has 0 heterocycles. The molecule has 1 unspecified atom stereocenters. The largest absolute Gasteiger partial charge is 0.409 e. The third-order valence-corrected chi connectivity index (χ3v) is 4.02. The van der Waals surface area contributed by atoms with Crippen molar-refractivity contribution < 1.29 is 18.4 Å². The van der Waals surface area contributed by atoms with E-state index in [0.717, 1.165) is 0 Å². The average Bonchev–Trinajstić information content (AvgIpc) is 2.45. The van der Waals surface area contributed by atoms with Crippen molar-refractivity contribution in [1.82, 2.24) is 4.72 Å². The van der Waals surface area contributed by atoms with Crippen molar-refractivity contribution in [2.45, 2.75) is 12.5 Å².